The van der Waals surface area contributed by atoms with E-state index in [9.17, 15) is 17.6 Å². The number of halogens is 2. The van der Waals surface area contributed by atoms with E-state index in [-0.39, 0.29) is 36.2 Å². The van der Waals surface area contributed by atoms with Gasteiger partial charge in [0.05, 0.1) is 17.9 Å². The number of hydrogen-bond donors (Lipinski definition) is 3. The van der Waals surface area contributed by atoms with E-state index < -0.39 is 33.7 Å². The Bertz CT molecular complexity index is 1290. The zero-order chi connectivity index (χ0) is 28.3. The van der Waals surface area contributed by atoms with Gasteiger partial charge in [-0.3, -0.25) is 4.79 Å². The minimum Gasteiger partial charge on any atom is -0.378 e. The van der Waals surface area contributed by atoms with E-state index in [1.807, 2.05) is 0 Å². The van der Waals surface area contributed by atoms with E-state index in [0.717, 1.165) is 25.7 Å². The molecule has 2 bridgehead atoms. The lowest BCUT2D eigenvalue weighted by molar-refractivity contribution is -0.119. The van der Waals surface area contributed by atoms with Crippen LogP contribution in [0.2, 0.25) is 0 Å². The minimum atomic E-state index is -3.37. The summed E-state index contributed by atoms with van der Waals surface area (Å²) in [6, 6.07) is 9.23. The molecule has 40 heavy (non-hydrogen) atoms. The molecule has 0 saturated carbocycles. The molecule has 0 aromatic heterocycles. The maximum atomic E-state index is 15.1. The molecule has 3 heterocycles. The molecule has 218 valence electrons. The third-order valence-corrected chi connectivity index (χ3v) is 10.4. The molecular formula is C29H38F2N4O4S. The fraction of sp³-hybridized carbons (Fsp3) is 0.552. The molecule has 5 rings (SSSR count). The van der Waals surface area contributed by atoms with Gasteiger partial charge in [-0.1, -0.05) is 18.2 Å². The lowest BCUT2D eigenvalue weighted by Gasteiger charge is -2.37. The number of nitrogens with zero attached hydrogens (tertiary/aromatic N) is 1. The molecule has 11 heteroatoms. The Hall–Kier alpha value is -2.44. The Labute approximate surface area is 234 Å². The van der Waals surface area contributed by atoms with Crippen molar-refractivity contribution in [1.29, 1.82) is 0 Å². The number of sulfonamides is 1. The zero-order valence-electron chi connectivity index (χ0n) is 22.5. The van der Waals surface area contributed by atoms with Crippen LogP contribution in [0.15, 0.2) is 42.5 Å². The molecule has 6 atom stereocenters. The predicted molar refractivity (Wildman–Crippen MR) is 149 cm³/mol. The van der Waals surface area contributed by atoms with Crippen LogP contribution in [0, 0.1) is 11.6 Å². The van der Waals surface area contributed by atoms with Crippen LogP contribution in [0.4, 0.5) is 14.5 Å². The smallest absolute Gasteiger partial charge is 0.242 e. The molecular weight excluding hydrogens is 538 g/mol. The van der Waals surface area contributed by atoms with Crippen LogP contribution in [0.1, 0.15) is 55.6 Å². The first-order valence-corrected chi connectivity index (χ1v) is 15.8. The highest BCUT2D eigenvalue weighted by Gasteiger charge is 2.38. The van der Waals surface area contributed by atoms with Crippen molar-refractivity contribution >= 4 is 21.6 Å². The van der Waals surface area contributed by atoms with Gasteiger partial charge in [0.15, 0.2) is 0 Å². The number of amides is 1. The van der Waals surface area contributed by atoms with Crippen LogP contribution in [0.25, 0.3) is 0 Å². The van der Waals surface area contributed by atoms with Crippen molar-refractivity contribution in [1.82, 2.24) is 9.62 Å². The highest BCUT2D eigenvalue weighted by molar-refractivity contribution is 7.89. The standard InChI is InChI=1S/C29H38F2N4O4S/c30-20-11-9-19(10-12-20)27(26-8-1-2-15-39-26)28(32)29(36)34-25-7-3-6-24(31)23(25)14-13-22-17-33-21-5-4-16-40(37,38)35(22)18-21/h3,6-7,9-12,21-22,26-28,33H,1-2,4-5,8,13-18,32H2,(H,34,36)/t21-,22+,26?,27?,28?/m1/s1. The van der Waals surface area contributed by atoms with Crippen LogP contribution in [-0.4, -0.2) is 68.3 Å². The summed E-state index contributed by atoms with van der Waals surface area (Å²) < 4.78 is 62.0. The Morgan fingerprint density at radius 1 is 1.12 bits per heavy atom. The molecule has 0 radical (unpaired) electrons. The highest BCUT2D eigenvalue weighted by atomic mass is 32.2. The van der Waals surface area contributed by atoms with Gasteiger partial charge >= 0.3 is 0 Å². The number of fused-ring (bicyclic) bond motifs is 2. The molecule has 0 spiro atoms. The molecule has 2 aromatic carbocycles. The summed E-state index contributed by atoms with van der Waals surface area (Å²) in [4.78, 5) is 13.5. The van der Waals surface area contributed by atoms with Gasteiger partial charge in [-0.2, -0.15) is 4.31 Å². The molecule has 3 aliphatic rings. The Kier molecular flexibility index (Phi) is 9.16. The zero-order valence-corrected chi connectivity index (χ0v) is 23.3. The summed E-state index contributed by atoms with van der Waals surface area (Å²) in [5.74, 6) is -1.73. The summed E-state index contributed by atoms with van der Waals surface area (Å²) in [6.07, 6.45) is 4.38. The third-order valence-electron chi connectivity index (χ3n) is 8.43. The Morgan fingerprint density at radius 2 is 1.93 bits per heavy atom. The number of ether oxygens (including phenoxy) is 1. The molecule has 3 saturated heterocycles. The van der Waals surface area contributed by atoms with Crippen molar-refractivity contribution < 1.29 is 26.7 Å². The van der Waals surface area contributed by atoms with Crippen molar-refractivity contribution in [2.75, 3.05) is 30.8 Å². The minimum absolute atomic E-state index is 0.126. The van der Waals surface area contributed by atoms with Gasteiger partial charge in [0.25, 0.3) is 0 Å². The lowest BCUT2D eigenvalue weighted by Crippen LogP contribution is -2.57. The van der Waals surface area contributed by atoms with Crippen molar-refractivity contribution in [3.05, 3.63) is 65.2 Å². The van der Waals surface area contributed by atoms with Gasteiger partial charge in [0.1, 0.15) is 11.6 Å². The van der Waals surface area contributed by atoms with Gasteiger partial charge in [-0.15, -0.1) is 0 Å². The molecule has 3 fully saturated rings. The van der Waals surface area contributed by atoms with Crippen molar-refractivity contribution in [2.24, 2.45) is 5.73 Å². The number of nitrogens with one attached hydrogen (secondary N) is 2. The summed E-state index contributed by atoms with van der Waals surface area (Å²) in [7, 11) is -3.37. The first-order chi connectivity index (χ1) is 19.2. The second-order valence-corrected chi connectivity index (χ2v) is 13.1. The highest BCUT2D eigenvalue weighted by Crippen LogP contribution is 2.32. The van der Waals surface area contributed by atoms with Gasteiger partial charge in [-0.25, -0.2) is 17.2 Å². The number of anilines is 1. The molecule has 0 aliphatic carbocycles. The maximum absolute atomic E-state index is 15.1. The molecule has 8 nitrogen and oxygen atoms in total. The second kappa shape index (κ2) is 12.6. The third kappa shape index (κ3) is 6.54. The average molecular weight is 577 g/mol. The first kappa shape index (κ1) is 29.1. The van der Waals surface area contributed by atoms with Gasteiger partial charge in [0, 0.05) is 48.9 Å². The van der Waals surface area contributed by atoms with Crippen LogP contribution in [0.3, 0.4) is 0 Å². The molecule has 4 N–H and O–H groups in total. The van der Waals surface area contributed by atoms with Crippen LogP contribution >= 0.6 is 0 Å². The van der Waals surface area contributed by atoms with Crippen LogP contribution < -0.4 is 16.4 Å². The predicted octanol–water partition coefficient (Wildman–Crippen LogP) is 3.28. The second-order valence-electron chi connectivity index (χ2n) is 11.1. The fourth-order valence-electron chi connectivity index (χ4n) is 6.25. The first-order valence-electron chi connectivity index (χ1n) is 14.2. The van der Waals surface area contributed by atoms with Crippen molar-refractivity contribution in [3.63, 3.8) is 0 Å². The van der Waals surface area contributed by atoms with E-state index in [1.54, 1.807) is 22.5 Å². The summed E-state index contributed by atoms with van der Waals surface area (Å²) >= 11 is 0. The quantitative estimate of drug-likeness (QED) is 0.445. The largest absolute Gasteiger partial charge is 0.378 e. The van der Waals surface area contributed by atoms with Gasteiger partial charge in [-0.05, 0) is 74.8 Å². The Balaban J connectivity index is 1.32. The SMILES string of the molecule is NC(C(=O)Nc1cccc(F)c1CC[C@H]1CN[C@@H]2CCCS(=O)(=O)N1C2)C(c1ccc(F)cc1)C1CCCCO1. The number of nitrogens with two attached hydrogens (primary N) is 1. The van der Waals surface area contributed by atoms with E-state index in [2.05, 4.69) is 10.6 Å². The molecule has 2 aromatic rings. The number of carbonyl (C=O) groups excluding carboxylic acids is 1. The summed E-state index contributed by atoms with van der Waals surface area (Å²) in [5.41, 5.74) is 7.85. The lowest BCUT2D eigenvalue weighted by atomic mass is 9.83. The number of rotatable bonds is 8. The number of carbonyl (C=O) groups is 1. The maximum Gasteiger partial charge on any atom is 0.242 e. The summed E-state index contributed by atoms with van der Waals surface area (Å²) in [5, 5.41) is 6.26. The monoisotopic (exact) mass is 576 g/mol. The molecule has 3 aliphatic heterocycles. The van der Waals surface area contributed by atoms with E-state index in [0.29, 0.717) is 49.4 Å². The molecule has 4 unspecified atom stereocenters. The normalized spacial score (nSPS) is 27.8. The van der Waals surface area contributed by atoms with Crippen LogP contribution in [-0.2, 0) is 26.0 Å². The van der Waals surface area contributed by atoms with Gasteiger partial charge < -0.3 is 21.1 Å². The van der Waals surface area contributed by atoms with E-state index in [4.69, 9.17) is 10.5 Å². The number of benzene rings is 2. The number of piperazine rings is 1. The van der Waals surface area contributed by atoms with Crippen LogP contribution in [0.5, 0.6) is 0 Å². The van der Waals surface area contributed by atoms with E-state index in [1.165, 1.54) is 24.3 Å². The van der Waals surface area contributed by atoms with Crippen molar-refractivity contribution in [3.8, 4) is 0 Å². The van der Waals surface area contributed by atoms with E-state index >= 15 is 4.39 Å². The fourth-order valence-corrected chi connectivity index (χ4v) is 8.06. The van der Waals surface area contributed by atoms with Gasteiger partial charge in [0.2, 0.25) is 15.9 Å². The summed E-state index contributed by atoms with van der Waals surface area (Å²) in [6.45, 7) is 1.50. The molecule has 1 amide bonds. The Morgan fingerprint density at radius 3 is 2.67 bits per heavy atom. The topological polar surface area (TPSA) is 114 Å². The van der Waals surface area contributed by atoms with Crippen molar-refractivity contribution in [2.45, 2.75) is 75.1 Å². The number of hydrogen-bond acceptors (Lipinski definition) is 6. The average Bonchev–Trinajstić information content (AvgIpc) is 3.06.